The predicted octanol–water partition coefficient (Wildman–Crippen LogP) is 2.78. The molecule has 3 heterocycles. The Labute approximate surface area is 176 Å². The summed E-state index contributed by atoms with van der Waals surface area (Å²) in [5.74, 6) is -1.93. The van der Waals surface area contributed by atoms with Crippen molar-refractivity contribution in [3.05, 3.63) is 76.9 Å². The zero-order chi connectivity index (χ0) is 21.5. The number of benzene rings is 2. The molecule has 3 aromatic rings. The van der Waals surface area contributed by atoms with E-state index in [0.717, 1.165) is 18.1 Å². The Hall–Kier alpha value is -3.62. The number of nitrogens with one attached hydrogen (secondary N) is 2. The van der Waals surface area contributed by atoms with Crippen LogP contribution in [0.4, 0.5) is 14.5 Å². The fourth-order valence-electron chi connectivity index (χ4n) is 4.22. The lowest BCUT2D eigenvalue weighted by Gasteiger charge is -2.14. The number of nitrogens with zero attached hydrogens (tertiary/aromatic N) is 3. The van der Waals surface area contributed by atoms with Gasteiger partial charge in [-0.3, -0.25) is 9.59 Å². The second kappa shape index (κ2) is 7.57. The Bertz CT molecular complexity index is 1180. The molecule has 0 bridgehead atoms. The molecule has 0 saturated heterocycles. The first-order valence-corrected chi connectivity index (χ1v) is 10.1. The topological polar surface area (TPSA) is 88.9 Å². The van der Waals surface area contributed by atoms with Gasteiger partial charge in [-0.25, -0.2) is 18.4 Å². The summed E-state index contributed by atoms with van der Waals surface area (Å²) in [5.41, 5.74) is 1.41. The normalized spacial score (nSPS) is 19.9. The van der Waals surface area contributed by atoms with Gasteiger partial charge in [0, 0.05) is 18.5 Å². The van der Waals surface area contributed by atoms with Crippen LogP contribution in [-0.4, -0.2) is 32.6 Å². The number of aryl methyl sites for hydroxylation is 2. The van der Waals surface area contributed by atoms with Gasteiger partial charge in [0.2, 0.25) is 11.7 Å². The third kappa shape index (κ3) is 3.56. The molecule has 2 N–H and O–H groups in total. The van der Waals surface area contributed by atoms with Crippen molar-refractivity contribution in [1.82, 2.24) is 20.1 Å². The maximum atomic E-state index is 14.0. The number of aromatic nitrogens is 3. The van der Waals surface area contributed by atoms with Crippen LogP contribution in [0.15, 0.2) is 42.5 Å². The van der Waals surface area contributed by atoms with Crippen LogP contribution in [0, 0.1) is 11.6 Å². The van der Waals surface area contributed by atoms with E-state index in [2.05, 4.69) is 20.7 Å². The van der Waals surface area contributed by atoms with E-state index in [1.54, 1.807) is 4.68 Å². The van der Waals surface area contributed by atoms with Gasteiger partial charge in [0.1, 0.15) is 23.5 Å². The van der Waals surface area contributed by atoms with E-state index in [0.29, 0.717) is 17.9 Å². The zero-order valence-corrected chi connectivity index (χ0v) is 16.4. The Morgan fingerprint density at radius 1 is 1.16 bits per heavy atom. The standard InChI is InChI=1S/C22H19F2N5O2/c23-14-10-13-6-7-17(21(30)26-18(13)16(24)11-14)25-22(31)19-27-20-15(8-9-29(20)28-19)12-4-2-1-3-5-12/h1-5,10-11,15,17H,6-9H2,(H,25,31)(H,26,30)/t15-,17-/m0/s1. The molecular formula is C22H19F2N5O2. The Balaban J connectivity index is 1.32. The van der Waals surface area contributed by atoms with Gasteiger partial charge in [0.05, 0.1) is 5.69 Å². The minimum absolute atomic E-state index is 0.0117. The number of rotatable bonds is 3. The van der Waals surface area contributed by atoms with Crippen LogP contribution < -0.4 is 10.6 Å². The molecule has 9 heteroatoms. The zero-order valence-electron chi connectivity index (χ0n) is 16.4. The van der Waals surface area contributed by atoms with Crippen molar-refractivity contribution in [2.75, 3.05) is 5.32 Å². The van der Waals surface area contributed by atoms with Crippen molar-refractivity contribution >= 4 is 17.5 Å². The second-order valence-electron chi connectivity index (χ2n) is 7.74. The molecule has 2 aliphatic heterocycles. The molecule has 2 aromatic carbocycles. The van der Waals surface area contributed by atoms with Crippen LogP contribution in [0.3, 0.4) is 0 Å². The molecular weight excluding hydrogens is 404 g/mol. The van der Waals surface area contributed by atoms with Crippen LogP contribution in [-0.2, 0) is 17.8 Å². The average molecular weight is 423 g/mol. The van der Waals surface area contributed by atoms with Gasteiger partial charge in [-0.1, -0.05) is 30.3 Å². The lowest BCUT2D eigenvalue weighted by molar-refractivity contribution is -0.118. The van der Waals surface area contributed by atoms with E-state index in [-0.39, 0.29) is 30.3 Å². The first-order chi connectivity index (χ1) is 15.0. The molecule has 0 saturated carbocycles. The van der Waals surface area contributed by atoms with Crippen LogP contribution in [0.2, 0.25) is 0 Å². The van der Waals surface area contributed by atoms with E-state index in [1.807, 2.05) is 30.3 Å². The highest BCUT2D eigenvalue weighted by Crippen LogP contribution is 2.32. The van der Waals surface area contributed by atoms with Crippen molar-refractivity contribution in [3.63, 3.8) is 0 Å². The number of hydrogen-bond acceptors (Lipinski definition) is 4. The summed E-state index contributed by atoms with van der Waals surface area (Å²) in [4.78, 5) is 29.7. The summed E-state index contributed by atoms with van der Waals surface area (Å²) in [5, 5.41) is 9.38. The molecule has 0 unspecified atom stereocenters. The maximum Gasteiger partial charge on any atom is 0.291 e. The third-order valence-corrected chi connectivity index (χ3v) is 5.76. The Kier molecular flexibility index (Phi) is 4.72. The van der Waals surface area contributed by atoms with E-state index >= 15 is 0 Å². The monoisotopic (exact) mass is 423 g/mol. The number of halogens is 2. The molecule has 0 spiro atoms. The second-order valence-corrected chi connectivity index (χ2v) is 7.74. The molecule has 158 valence electrons. The average Bonchev–Trinajstić information content (AvgIpc) is 3.30. The molecule has 5 rings (SSSR count). The van der Waals surface area contributed by atoms with Crippen molar-refractivity contribution < 1.29 is 18.4 Å². The first kappa shape index (κ1) is 19.3. The minimum atomic E-state index is -0.911. The van der Waals surface area contributed by atoms with E-state index < -0.39 is 29.5 Å². The fourth-order valence-corrected chi connectivity index (χ4v) is 4.22. The molecule has 2 amide bonds. The highest BCUT2D eigenvalue weighted by molar-refractivity contribution is 6.00. The summed E-state index contributed by atoms with van der Waals surface area (Å²) in [7, 11) is 0. The van der Waals surface area contributed by atoms with Crippen LogP contribution in [0.5, 0.6) is 0 Å². The van der Waals surface area contributed by atoms with E-state index in [4.69, 9.17) is 0 Å². The van der Waals surface area contributed by atoms with Crippen LogP contribution in [0.1, 0.15) is 46.3 Å². The van der Waals surface area contributed by atoms with E-state index in [9.17, 15) is 18.4 Å². The number of hydrogen-bond donors (Lipinski definition) is 2. The maximum absolute atomic E-state index is 14.0. The largest absolute Gasteiger partial charge is 0.337 e. The molecule has 0 fully saturated rings. The third-order valence-electron chi connectivity index (χ3n) is 5.76. The molecule has 2 aliphatic rings. The van der Waals surface area contributed by atoms with E-state index in [1.165, 1.54) is 6.07 Å². The minimum Gasteiger partial charge on any atom is -0.337 e. The van der Waals surface area contributed by atoms with Gasteiger partial charge >= 0.3 is 0 Å². The molecule has 0 aliphatic carbocycles. The van der Waals surface area contributed by atoms with Gasteiger partial charge in [0.25, 0.3) is 5.91 Å². The van der Waals surface area contributed by atoms with Gasteiger partial charge in [-0.05, 0) is 36.5 Å². The molecule has 2 atom stereocenters. The summed E-state index contributed by atoms with van der Waals surface area (Å²) in [6.45, 7) is 0.652. The van der Waals surface area contributed by atoms with Crippen molar-refractivity contribution in [2.24, 2.45) is 0 Å². The number of amides is 2. The van der Waals surface area contributed by atoms with Gasteiger partial charge in [0.15, 0.2) is 0 Å². The summed E-state index contributed by atoms with van der Waals surface area (Å²) in [6, 6.07) is 10.9. The summed E-state index contributed by atoms with van der Waals surface area (Å²) in [6.07, 6.45) is 1.29. The summed E-state index contributed by atoms with van der Waals surface area (Å²) < 4.78 is 29.3. The van der Waals surface area contributed by atoms with Gasteiger partial charge in [-0.15, -0.1) is 5.10 Å². The Morgan fingerprint density at radius 2 is 1.97 bits per heavy atom. The highest BCUT2D eigenvalue weighted by atomic mass is 19.1. The number of anilines is 1. The van der Waals surface area contributed by atoms with Crippen LogP contribution >= 0.6 is 0 Å². The molecule has 0 radical (unpaired) electrons. The SMILES string of the molecule is O=C(N[C@H]1CCc2cc(F)cc(F)c2NC1=O)c1nc2n(n1)CC[C@H]2c1ccccc1. The first-order valence-electron chi connectivity index (χ1n) is 10.1. The summed E-state index contributed by atoms with van der Waals surface area (Å²) >= 11 is 0. The smallest absolute Gasteiger partial charge is 0.291 e. The number of fused-ring (bicyclic) bond motifs is 2. The van der Waals surface area contributed by atoms with Crippen molar-refractivity contribution in [1.29, 1.82) is 0 Å². The number of carbonyl (C=O) groups excluding carboxylic acids is 2. The van der Waals surface area contributed by atoms with Crippen LogP contribution in [0.25, 0.3) is 0 Å². The molecule has 7 nitrogen and oxygen atoms in total. The van der Waals surface area contributed by atoms with Crippen molar-refractivity contribution in [3.8, 4) is 0 Å². The highest BCUT2D eigenvalue weighted by Gasteiger charge is 2.32. The lowest BCUT2D eigenvalue weighted by atomic mass is 9.97. The van der Waals surface area contributed by atoms with Crippen molar-refractivity contribution in [2.45, 2.75) is 37.8 Å². The van der Waals surface area contributed by atoms with Gasteiger partial charge < -0.3 is 10.6 Å². The molecule has 1 aromatic heterocycles. The number of carbonyl (C=O) groups is 2. The quantitative estimate of drug-likeness (QED) is 0.678. The Morgan fingerprint density at radius 3 is 2.77 bits per heavy atom. The predicted molar refractivity (Wildman–Crippen MR) is 107 cm³/mol. The fraction of sp³-hybridized carbons (Fsp3) is 0.273. The molecule has 31 heavy (non-hydrogen) atoms. The van der Waals surface area contributed by atoms with Gasteiger partial charge in [-0.2, -0.15) is 0 Å². The lowest BCUT2D eigenvalue weighted by Crippen LogP contribution is -2.43.